The molecule has 1 heterocycles. The summed E-state index contributed by atoms with van der Waals surface area (Å²) in [6, 6.07) is 5.85. The summed E-state index contributed by atoms with van der Waals surface area (Å²) in [5.41, 5.74) is 2.07. The van der Waals surface area contributed by atoms with Crippen LogP contribution in [0.5, 0.6) is 0 Å². The molecule has 2 nitrogen and oxygen atoms in total. The molecule has 0 aliphatic rings. The Bertz CT molecular complexity index is 572. The van der Waals surface area contributed by atoms with Crippen LogP contribution in [0.2, 0.25) is 0 Å². The number of aryl methyl sites for hydroxylation is 2. The highest BCUT2D eigenvalue weighted by atomic mass is 79.9. The van der Waals surface area contributed by atoms with E-state index in [9.17, 15) is 4.79 Å². The molecule has 1 N–H and O–H groups in total. The molecule has 1 aromatic heterocycles. The minimum absolute atomic E-state index is 0.0130. The monoisotopic (exact) mass is 265 g/mol. The lowest BCUT2D eigenvalue weighted by Gasteiger charge is -2.07. The first-order valence-electron chi connectivity index (χ1n) is 4.95. The van der Waals surface area contributed by atoms with Crippen molar-refractivity contribution in [2.45, 2.75) is 20.3 Å². The Balaban J connectivity index is 3.03. The van der Waals surface area contributed by atoms with Crippen molar-refractivity contribution >= 4 is 26.7 Å². The van der Waals surface area contributed by atoms with Crippen LogP contribution >= 0.6 is 15.9 Å². The predicted octanol–water partition coefficient (Wildman–Crippen LogP) is 3.16. The lowest BCUT2D eigenvalue weighted by molar-refractivity contribution is 1.13. The van der Waals surface area contributed by atoms with Crippen LogP contribution in [0, 0.1) is 6.92 Å². The summed E-state index contributed by atoms with van der Waals surface area (Å²) in [5.74, 6) is 0. The van der Waals surface area contributed by atoms with Gasteiger partial charge in [0, 0.05) is 20.9 Å². The Hall–Kier alpha value is -1.09. The summed E-state index contributed by atoms with van der Waals surface area (Å²) >= 11 is 3.54. The van der Waals surface area contributed by atoms with Crippen LogP contribution in [0.25, 0.3) is 10.8 Å². The first-order chi connectivity index (χ1) is 7.15. The van der Waals surface area contributed by atoms with Gasteiger partial charge < -0.3 is 4.98 Å². The van der Waals surface area contributed by atoms with Crippen molar-refractivity contribution in [3.63, 3.8) is 0 Å². The second-order valence-corrected chi connectivity index (χ2v) is 4.38. The van der Waals surface area contributed by atoms with Crippen molar-refractivity contribution in [3.05, 3.63) is 44.3 Å². The number of nitrogens with one attached hydrogen (secondary N) is 1. The maximum absolute atomic E-state index is 11.7. The summed E-state index contributed by atoms with van der Waals surface area (Å²) in [7, 11) is 0. The van der Waals surface area contributed by atoms with E-state index >= 15 is 0 Å². The van der Waals surface area contributed by atoms with Gasteiger partial charge in [0.1, 0.15) is 0 Å². The maximum Gasteiger partial charge on any atom is 0.256 e. The van der Waals surface area contributed by atoms with Gasteiger partial charge in [0.2, 0.25) is 0 Å². The molecule has 0 bridgehead atoms. The highest BCUT2D eigenvalue weighted by molar-refractivity contribution is 9.10. The number of H-pyrrole nitrogens is 1. The molecule has 0 amide bonds. The third-order valence-corrected chi connectivity index (χ3v) is 3.62. The Labute approximate surface area is 96.5 Å². The zero-order chi connectivity index (χ0) is 11.0. The van der Waals surface area contributed by atoms with Crippen LogP contribution in [0.1, 0.15) is 18.2 Å². The third-order valence-electron chi connectivity index (χ3n) is 2.63. The lowest BCUT2D eigenvalue weighted by atomic mass is 10.0. The summed E-state index contributed by atoms with van der Waals surface area (Å²) in [6.07, 6.45) is 0.929. The highest BCUT2D eigenvalue weighted by Crippen LogP contribution is 2.27. The van der Waals surface area contributed by atoms with Crippen molar-refractivity contribution in [3.8, 4) is 0 Å². The zero-order valence-corrected chi connectivity index (χ0v) is 10.3. The Morgan fingerprint density at radius 3 is 2.80 bits per heavy atom. The molecule has 3 heteroatoms. The summed E-state index contributed by atoms with van der Waals surface area (Å²) in [4.78, 5) is 14.6. The number of aromatic amines is 1. The molecule has 78 valence electrons. The Morgan fingerprint density at radius 2 is 2.13 bits per heavy atom. The molecule has 0 saturated carbocycles. The number of halogens is 1. The van der Waals surface area contributed by atoms with Crippen molar-refractivity contribution in [1.82, 2.24) is 4.98 Å². The highest BCUT2D eigenvalue weighted by Gasteiger charge is 2.08. The largest absolute Gasteiger partial charge is 0.325 e. The topological polar surface area (TPSA) is 32.9 Å². The zero-order valence-electron chi connectivity index (χ0n) is 8.73. The average Bonchev–Trinajstić information content (AvgIpc) is 2.25. The molecule has 1 aromatic carbocycles. The fourth-order valence-electron chi connectivity index (χ4n) is 1.82. The molecule has 15 heavy (non-hydrogen) atoms. The molecule has 2 rings (SSSR count). The van der Waals surface area contributed by atoms with Gasteiger partial charge in [-0.1, -0.05) is 19.1 Å². The van der Waals surface area contributed by atoms with Crippen molar-refractivity contribution in [2.24, 2.45) is 0 Å². The SMILES string of the molecule is CCc1cccc2c(=O)[nH]c(C)c(Br)c12. The number of fused-ring (bicyclic) bond motifs is 1. The molecular weight excluding hydrogens is 254 g/mol. The first kappa shape index (κ1) is 10.4. The molecule has 0 aliphatic heterocycles. The van der Waals surface area contributed by atoms with Gasteiger partial charge in [0.15, 0.2) is 0 Å². The average molecular weight is 266 g/mol. The van der Waals surface area contributed by atoms with Gasteiger partial charge in [-0.15, -0.1) is 0 Å². The quantitative estimate of drug-likeness (QED) is 0.844. The number of hydrogen-bond acceptors (Lipinski definition) is 1. The van der Waals surface area contributed by atoms with Gasteiger partial charge in [-0.3, -0.25) is 4.79 Å². The normalized spacial score (nSPS) is 10.9. The van der Waals surface area contributed by atoms with Gasteiger partial charge >= 0.3 is 0 Å². The molecule has 0 unspecified atom stereocenters. The Morgan fingerprint density at radius 1 is 1.40 bits per heavy atom. The van der Waals surface area contributed by atoms with Gasteiger partial charge in [0.25, 0.3) is 5.56 Å². The lowest BCUT2D eigenvalue weighted by Crippen LogP contribution is -2.09. The Kier molecular flexibility index (Phi) is 2.65. The molecule has 0 atom stereocenters. The van der Waals surface area contributed by atoms with Crippen LogP contribution in [0.3, 0.4) is 0 Å². The van der Waals surface area contributed by atoms with Gasteiger partial charge in [0.05, 0.1) is 0 Å². The maximum atomic E-state index is 11.7. The third kappa shape index (κ3) is 1.61. The van der Waals surface area contributed by atoms with Crippen LogP contribution in [-0.2, 0) is 6.42 Å². The summed E-state index contributed by atoms with van der Waals surface area (Å²) < 4.78 is 0.995. The molecule has 0 radical (unpaired) electrons. The van der Waals surface area contributed by atoms with Crippen molar-refractivity contribution in [1.29, 1.82) is 0 Å². The van der Waals surface area contributed by atoms with E-state index in [2.05, 4.69) is 33.9 Å². The van der Waals surface area contributed by atoms with E-state index in [1.165, 1.54) is 5.56 Å². The number of hydrogen-bond donors (Lipinski definition) is 1. The van der Waals surface area contributed by atoms with E-state index in [0.29, 0.717) is 0 Å². The van der Waals surface area contributed by atoms with E-state index in [1.807, 2.05) is 19.1 Å². The van der Waals surface area contributed by atoms with Crippen molar-refractivity contribution < 1.29 is 0 Å². The number of pyridine rings is 1. The molecular formula is C12H12BrNO. The predicted molar refractivity (Wildman–Crippen MR) is 66.4 cm³/mol. The first-order valence-corrected chi connectivity index (χ1v) is 5.74. The van der Waals surface area contributed by atoms with Crippen LogP contribution < -0.4 is 5.56 Å². The summed E-state index contributed by atoms with van der Waals surface area (Å²) in [5, 5.41) is 1.80. The standard InChI is InChI=1S/C12H12BrNO/c1-3-8-5-4-6-9-10(8)11(13)7(2)14-12(9)15/h4-6H,3H2,1-2H3,(H,14,15). The fourth-order valence-corrected chi connectivity index (χ4v) is 2.39. The number of rotatable bonds is 1. The van der Waals surface area contributed by atoms with Crippen molar-refractivity contribution in [2.75, 3.05) is 0 Å². The molecule has 0 saturated heterocycles. The summed E-state index contributed by atoms with van der Waals surface area (Å²) in [6.45, 7) is 4.00. The van der Waals surface area contributed by atoms with Crippen LogP contribution in [-0.4, -0.2) is 4.98 Å². The van der Waals surface area contributed by atoms with E-state index in [4.69, 9.17) is 0 Å². The molecule has 0 fully saturated rings. The van der Waals surface area contributed by atoms with Crippen LogP contribution in [0.4, 0.5) is 0 Å². The van der Waals surface area contributed by atoms with Crippen LogP contribution in [0.15, 0.2) is 27.5 Å². The van der Waals surface area contributed by atoms with Gasteiger partial charge in [-0.05, 0) is 40.9 Å². The van der Waals surface area contributed by atoms with Gasteiger partial charge in [-0.25, -0.2) is 0 Å². The fraction of sp³-hybridized carbons (Fsp3) is 0.250. The van der Waals surface area contributed by atoms with E-state index < -0.39 is 0 Å². The van der Waals surface area contributed by atoms with E-state index in [-0.39, 0.29) is 5.56 Å². The second kappa shape index (κ2) is 3.81. The second-order valence-electron chi connectivity index (χ2n) is 3.59. The minimum Gasteiger partial charge on any atom is -0.325 e. The molecule has 2 aromatic rings. The van der Waals surface area contributed by atoms with E-state index in [0.717, 1.165) is 27.4 Å². The minimum atomic E-state index is -0.0130. The number of aromatic nitrogens is 1. The molecule has 0 spiro atoms. The number of benzene rings is 1. The van der Waals surface area contributed by atoms with E-state index in [1.54, 1.807) is 0 Å². The smallest absolute Gasteiger partial charge is 0.256 e. The van der Waals surface area contributed by atoms with Gasteiger partial charge in [-0.2, -0.15) is 0 Å². The molecule has 0 aliphatic carbocycles.